The van der Waals surface area contributed by atoms with Gasteiger partial charge < -0.3 is 0 Å². The van der Waals surface area contributed by atoms with Crippen molar-refractivity contribution in [1.29, 1.82) is 0 Å². The summed E-state index contributed by atoms with van der Waals surface area (Å²) in [5.41, 5.74) is 0.511. The van der Waals surface area contributed by atoms with Crippen molar-refractivity contribution in [3.63, 3.8) is 0 Å². The van der Waals surface area contributed by atoms with Gasteiger partial charge in [0, 0.05) is 6.54 Å². The first kappa shape index (κ1) is 12.0. The Bertz CT molecular complexity index is 391. The molecule has 0 saturated carbocycles. The average molecular weight is 231 g/mol. The van der Waals surface area contributed by atoms with E-state index in [2.05, 4.69) is 0 Å². The first-order valence-electron chi connectivity index (χ1n) is 4.73. The highest BCUT2D eigenvalue weighted by molar-refractivity contribution is 7.92. The van der Waals surface area contributed by atoms with Crippen molar-refractivity contribution >= 4 is 15.7 Å². The van der Waals surface area contributed by atoms with E-state index in [-0.39, 0.29) is 0 Å². The molecule has 1 aromatic rings. The zero-order chi connectivity index (χ0) is 11.3. The standard InChI is InChI=1S/C10H14FNO2S/c1-2-8-12(15(13,14)9-11)10-6-4-3-5-7-10/h3-7H,2,8-9H2,1H3. The number of sulfonamides is 1. The van der Waals surface area contributed by atoms with Crippen LogP contribution in [0.15, 0.2) is 30.3 Å². The molecule has 0 aromatic heterocycles. The highest BCUT2D eigenvalue weighted by Crippen LogP contribution is 2.18. The van der Waals surface area contributed by atoms with Crippen LogP contribution in [0, 0.1) is 0 Å². The van der Waals surface area contributed by atoms with E-state index in [4.69, 9.17) is 0 Å². The van der Waals surface area contributed by atoms with E-state index < -0.39 is 16.0 Å². The van der Waals surface area contributed by atoms with Crippen molar-refractivity contribution in [1.82, 2.24) is 0 Å². The predicted molar refractivity (Wildman–Crippen MR) is 59.0 cm³/mol. The van der Waals surface area contributed by atoms with E-state index in [1.807, 2.05) is 6.92 Å². The van der Waals surface area contributed by atoms with Crippen LogP contribution in [0.2, 0.25) is 0 Å². The summed E-state index contributed by atoms with van der Waals surface area (Å²) in [6.45, 7) is 2.15. The van der Waals surface area contributed by atoms with Gasteiger partial charge in [0.2, 0.25) is 6.01 Å². The number of nitrogens with zero attached hydrogens (tertiary/aromatic N) is 1. The minimum atomic E-state index is -3.81. The van der Waals surface area contributed by atoms with Crippen molar-refractivity contribution in [2.75, 3.05) is 16.9 Å². The van der Waals surface area contributed by atoms with E-state index in [0.717, 1.165) is 4.31 Å². The van der Waals surface area contributed by atoms with Gasteiger partial charge in [-0.15, -0.1) is 0 Å². The molecule has 0 unspecified atom stereocenters. The fraction of sp³-hybridized carbons (Fsp3) is 0.400. The van der Waals surface area contributed by atoms with Gasteiger partial charge in [0.25, 0.3) is 10.0 Å². The molecule has 0 amide bonds. The number of rotatable bonds is 5. The maximum atomic E-state index is 12.4. The molecule has 3 nitrogen and oxygen atoms in total. The van der Waals surface area contributed by atoms with Crippen LogP contribution >= 0.6 is 0 Å². The van der Waals surface area contributed by atoms with Gasteiger partial charge in [0.15, 0.2) is 0 Å². The fourth-order valence-corrected chi connectivity index (χ4v) is 2.31. The Morgan fingerprint density at radius 2 is 1.87 bits per heavy atom. The Morgan fingerprint density at radius 1 is 1.27 bits per heavy atom. The molecule has 0 aliphatic carbocycles. The molecular weight excluding hydrogens is 217 g/mol. The van der Waals surface area contributed by atoms with E-state index in [1.165, 1.54) is 0 Å². The molecule has 84 valence electrons. The summed E-state index contributed by atoms with van der Waals surface area (Å²) in [7, 11) is -3.81. The maximum absolute atomic E-state index is 12.4. The van der Waals surface area contributed by atoms with Gasteiger partial charge in [0.05, 0.1) is 5.69 Å². The van der Waals surface area contributed by atoms with Crippen LogP contribution in [-0.2, 0) is 10.0 Å². The van der Waals surface area contributed by atoms with Crippen LogP contribution in [0.3, 0.4) is 0 Å². The van der Waals surface area contributed by atoms with Crippen LogP contribution < -0.4 is 4.31 Å². The van der Waals surface area contributed by atoms with Crippen molar-refractivity contribution < 1.29 is 12.8 Å². The molecule has 0 spiro atoms. The summed E-state index contributed by atoms with van der Waals surface area (Å²) in [4.78, 5) is 0. The summed E-state index contributed by atoms with van der Waals surface area (Å²) in [6, 6.07) is 7.20. The second-order valence-electron chi connectivity index (χ2n) is 3.13. The normalized spacial score (nSPS) is 11.3. The lowest BCUT2D eigenvalue weighted by Crippen LogP contribution is -2.32. The highest BCUT2D eigenvalue weighted by atomic mass is 32.2. The van der Waals surface area contributed by atoms with Gasteiger partial charge in [-0.1, -0.05) is 25.1 Å². The molecule has 0 saturated heterocycles. The minimum absolute atomic E-state index is 0.302. The molecule has 0 aliphatic rings. The monoisotopic (exact) mass is 231 g/mol. The quantitative estimate of drug-likeness (QED) is 0.778. The predicted octanol–water partition coefficient (Wildman–Crippen LogP) is 2.16. The molecule has 0 aliphatic heterocycles. The summed E-state index contributed by atoms with van der Waals surface area (Å²) < 4.78 is 36.4. The zero-order valence-electron chi connectivity index (χ0n) is 8.56. The highest BCUT2D eigenvalue weighted by Gasteiger charge is 2.20. The first-order valence-corrected chi connectivity index (χ1v) is 6.34. The number of benzene rings is 1. The molecule has 0 fully saturated rings. The van der Waals surface area contributed by atoms with Crippen molar-refractivity contribution in [3.05, 3.63) is 30.3 Å². The van der Waals surface area contributed by atoms with Gasteiger partial charge in [-0.2, -0.15) is 0 Å². The molecule has 0 bridgehead atoms. The second-order valence-corrected chi connectivity index (χ2v) is 4.95. The molecule has 0 N–H and O–H groups in total. The van der Waals surface area contributed by atoms with Gasteiger partial charge >= 0.3 is 0 Å². The third kappa shape index (κ3) is 2.92. The smallest absolute Gasteiger partial charge is 0.264 e. The number of alkyl halides is 1. The third-order valence-electron chi connectivity index (χ3n) is 1.94. The van der Waals surface area contributed by atoms with Crippen molar-refractivity contribution in [2.24, 2.45) is 0 Å². The van der Waals surface area contributed by atoms with E-state index >= 15 is 0 Å². The average Bonchev–Trinajstić information content (AvgIpc) is 2.27. The number of hydrogen-bond donors (Lipinski definition) is 0. The molecule has 5 heteroatoms. The maximum Gasteiger partial charge on any atom is 0.264 e. The topological polar surface area (TPSA) is 37.4 Å². The first-order chi connectivity index (χ1) is 7.11. The molecule has 0 atom stereocenters. The van der Waals surface area contributed by atoms with Crippen LogP contribution in [0.25, 0.3) is 0 Å². The fourth-order valence-electron chi connectivity index (χ4n) is 1.29. The summed E-state index contributed by atoms with van der Waals surface area (Å²) in [6.07, 6.45) is 0.647. The Morgan fingerprint density at radius 3 is 2.33 bits per heavy atom. The van der Waals surface area contributed by atoms with Crippen molar-refractivity contribution in [2.45, 2.75) is 13.3 Å². The van der Waals surface area contributed by atoms with Crippen molar-refractivity contribution in [3.8, 4) is 0 Å². The number of para-hydroxylation sites is 1. The summed E-state index contributed by atoms with van der Waals surface area (Å²) >= 11 is 0. The van der Waals surface area contributed by atoms with E-state index in [0.29, 0.717) is 18.7 Å². The van der Waals surface area contributed by atoms with Crippen LogP contribution in [0.1, 0.15) is 13.3 Å². The van der Waals surface area contributed by atoms with Gasteiger partial charge in [-0.3, -0.25) is 4.31 Å². The molecule has 1 aromatic carbocycles. The third-order valence-corrected chi connectivity index (χ3v) is 3.29. The SMILES string of the molecule is CCCN(c1ccccc1)S(=O)(=O)CF. The molecule has 15 heavy (non-hydrogen) atoms. The van der Waals surface area contributed by atoms with Crippen LogP contribution in [0.5, 0.6) is 0 Å². The van der Waals surface area contributed by atoms with E-state index in [9.17, 15) is 12.8 Å². The van der Waals surface area contributed by atoms with Gasteiger partial charge in [-0.05, 0) is 18.6 Å². The lowest BCUT2D eigenvalue weighted by Gasteiger charge is -2.21. The summed E-state index contributed by atoms with van der Waals surface area (Å²) in [5.74, 6) is 0. The van der Waals surface area contributed by atoms with Gasteiger partial charge in [-0.25, -0.2) is 12.8 Å². The Hall–Kier alpha value is -1.10. The Labute approximate surface area is 89.6 Å². The molecule has 0 heterocycles. The Kier molecular flexibility index (Phi) is 4.08. The number of anilines is 1. The molecular formula is C10H14FNO2S. The van der Waals surface area contributed by atoms with Crippen LogP contribution in [-0.4, -0.2) is 21.0 Å². The second kappa shape index (κ2) is 5.11. The molecule has 0 radical (unpaired) electrons. The van der Waals surface area contributed by atoms with Crippen LogP contribution in [0.4, 0.5) is 10.1 Å². The largest absolute Gasteiger partial charge is 0.268 e. The molecule has 1 rings (SSSR count). The lowest BCUT2D eigenvalue weighted by molar-refractivity contribution is 0.530. The lowest BCUT2D eigenvalue weighted by atomic mass is 10.3. The van der Waals surface area contributed by atoms with E-state index in [1.54, 1.807) is 30.3 Å². The summed E-state index contributed by atoms with van der Waals surface area (Å²) in [5, 5.41) is 0. The van der Waals surface area contributed by atoms with Gasteiger partial charge in [0.1, 0.15) is 0 Å². The number of hydrogen-bond acceptors (Lipinski definition) is 2. The zero-order valence-corrected chi connectivity index (χ0v) is 9.37. The minimum Gasteiger partial charge on any atom is -0.268 e. The Balaban J connectivity index is 3.04. The number of halogens is 1.